The van der Waals surface area contributed by atoms with Gasteiger partial charge in [-0.15, -0.1) is 0 Å². The molecule has 0 saturated carbocycles. The molecule has 4 heteroatoms. The molecule has 1 heterocycles. The van der Waals surface area contributed by atoms with E-state index in [1.807, 2.05) is 35.2 Å². The van der Waals surface area contributed by atoms with Gasteiger partial charge in [0.15, 0.2) is 0 Å². The normalized spacial score (nSPS) is 15.3. The highest BCUT2D eigenvalue weighted by Gasteiger charge is 2.23. The molecule has 0 spiro atoms. The van der Waals surface area contributed by atoms with Crippen LogP contribution in [0.4, 0.5) is 4.39 Å². The van der Waals surface area contributed by atoms with Gasteiger partial charge in [-0.1, -0.05) is 18.2 Å². The summed E-state index contributed by atoms with van der Waals surface area (Å²) in [5.41, 5.74) is 0.760. The number of nitrogens with zero attached hydrogens (tertiary/aromatic N) is 1. The largest absolute Gasteiger partial charge is 0.494 e. The lowest BCUT2D eigenvalue weighted by Crippen LogP contribution is -2.38. The Hall–Kier alpha value is -2.36. The van der Waals surface area contributed by atoms with Crippen molar-refractivity contribution < 1.29 is 13.9 Å². The monoisotopic (exact) mass is 327 g/mol. The summed E-state index contributed by atoms with van der Waals surface area (Å²) < 4.78 is 18.5. The summed E-state index contributed by atoms with van der Waals surface area (Å²) in [7, 11) is 0. The SMILES string of the molecule is O=C(c1ccccc1)N1CCC(CCOc2ccc(F)cc2)CC1. The number of carbonyl (C=O) groups excluding carboxylic acids is 1. The quantitative estimate of drug-likeness (QED) is 0.826. The number of carbonyl (C=O) groups is 1. The maximum absolute atomic E-state index is 12.8. The molecule has 24 heavy (non-hydrogen) atoms. The van der Waals surface area contributed by atoms with E-state index in [0.29, 0.717) is 18.3 Å². The molecule has 1 saturated heterocycles. The molecule has 0 radical (unpaired) electrons. The molecule has 1 fully saturated rings. The Morgan fingerprint density at radius 1 is 1.04 bits per heavy atom. The van der Waals surface area contributed by atoms with Crippen LogP contribution in [-0.2, 0) is 0 Å². The fraction of sp³-hybridized carbons (Fsp3) is 0.350. The Morgan fingerprint density at radius 2 is 1.71 bits per heavy atom. The van der Waals surface area contributed by atoms with Crippen molar-refractivity contribution in [2.24, 2.45) is 5.92 Å². The van der Waals surface area contributed by atoms with E-state index in [1.165, 1.54) is 12.1 Å². The van der Waals surface area contributed by atoms with Gasteiger partial charge in [0.25, 0.3) is 5.91 Å². The predicted molar refractivity (Wildman–Crippen MR) is 91.6 cm³/mol. The van der Waals surface area contributed by atoms with Crippen LogP contribution >= 0.6 is 0 Å². The highest BCUT2D eigenvalue weighted by atomic mass is 19.1. The van der Waals surface area contributed by atoms with Crippen LogP contribution in [0.15, 0.2) is 54.6 Å². The molecule has 2 aromatic carbocycles. The first-order chi connectivity index (χ1) is 11.7. The van der Waals surface area contributed by atoms with Gasteiger partial charge < -0.3 is 9.64 Å². The number of hydrogen-bond acceptors (Lipinski definition) is 2. The van der Waals surface area contributed by atoms with Crippen molar-refractivity contribution >= 4 is 5.91 Å². The number of likely N-dealkylation sites (tertiary alicyclic amines) is 1. The summed E-state index contributed by atoms with van der Waals surface area (Å²) in [6, 6.07) is 15.6. The summed E-state index contributed by atoms with van der Waals surface area (Å²) >= 11 is 0. The first-order valence-corrected chi connectivity index (χ1v) is 8.45. The molecular weight excluding hydrogens is 305 g/mol. The average molecular weight is 327 g/mol. The van der Waals surface area contributed by atoms with E-state index >= 15 is 0 Å². The van der Waals surface area contributed by atoms with Crippen LogP contribution in [0.1, 0.15) is 29.6 Å². The lowest BCUT2D eigenvalue weighted by Gasteiger charge is -2.32. The zero-order valence-electron chi connectivity index (χ0n) is 13.7. The third kappa shape index (κ3) is 4.34. The summed E-state index contributed by atoms with van der Waals surface area (Å²) in [6.45, 7) is 2.23. The molecule has 3 rings (SSSR count). The van der Waals surface area contributed by atoms with Gasteiger partial charge in [-0.25, -0.2) is 4.39 Å². The molecule has 126 valence electrons. The summed E-state index contributed by atoms with van der Waals surface area (Å²) in [5, 5.41) is 0. The fourth-order valence-electron chi connectivity index (χ4n) is 3.06. The number of rotatable bonds is 5. The minimum Gasteiger partial charge on any atom is -0.494 e. The van der Waals surface area contributed by atoms with Crippen molar-refractivity contribution in [2.75, 3.05) is 19.7 Å². The number of hydrogen-bond donors (Lipinski definition) is 0. The van der Waals surface area contributed by atoms with Crippen molar-refractivity contribution in [3.8, 4) is 5.75 Å². The molecule has 0 unspecified atom stereocenters. The zero-order valence-corrected chi connectivity index (χ0v) is 13.7. The maximum atomic E-state index is 12.8. The summed E-state index contributed by atoms with van der Waals surface area (Å²) in [6.07, 6.45) is 2.97. The van der Waals surface area contributed by atoms with Crippen LogP contribution in [-0.4, -0.2) is 30.5 Å². The average Bonchev–Trinajstić information content (AvgIpc) is 2.64. The van der Waals surface area contributed by atoms with Crippen molar-refractivity contribution in [1.82, 2.24) is 4.90 Å². The van der Waals surface area contributed by atoms with Crippen molar-refractivity contribution in [3.05, 3.63) is 66.0 Å². The van der Waals surface area contributed by atoms with Gasteiger partial charge in [0, 0.05) is 18.7 Å². The number of piperidine rings is 1. The van der Waals surface area contributed by atoms with E-state index in [1.54, 1.807) is 12.1 Å². The lowest BCUT2D eigenvalue weighted by molar-refractivity contribution is 0.0680. The summed E-state index contributed by atoms with van der Waals surface area (Å²) in [5.74, 6) is 1.15. The van der Waals surface area contributed by atoms with Gasteiger partial charge in [-0.3, -0.25) is 4.79 Å². The smallest absolute Gasteiger partial charge is 0.253 e. The third-order valence-electron chi connectivity index (χ3n) is 4.53. The summed E-state index contributed by atoms with van der Waals surface area (Å²) in [4.78, 5) is 14.3. The van der Waals surface area contributed by atoms with E-state index in [9.17, 15) is 9.18 Å². The zero-order chi connectivity index (χ0) is 16.8. The molecule has 1 aliphatic heterocycles. The first kappa shape index (κ1) is 16.5. The molecule has 0 aromatic heterocycles. The van der Waals surface area contributed by atoms with Crippen LogP contribution < -0.4 is 4.74 Å². The van der Waals surface area contributed by atoms with Crippen molar-refractivity contribution in [3.63, 3.8) is 0 Å². The third-order valence-corrected chi connectivity index (χ3v) is 4.53. The molecule has 0 aliphatic carbocycles. The van der Waals surface area contributed by atoms with E-state index in [2.05, 4.69) is 0 Å². The van der Waals surface area contributed by atoms with Crippen molar-refractivity contribution in [1.29, 1.82) is 0 Å². The van der Waals surface area contributed by atoms with Crippen LogP contribution in [0.3, 0.4) is 0 Å². The standard InChI is InChI=1S/C20H22FNO2/c21-18-6-8-19(9-7-18)24-15-12-16-10-13-22(14-11-16)20(23)17-4-2-1-3-5-17/h1-9,16H,10-15H2. The Labute approximate surface area is 142 Å². The topological polar surface area (TPSA) is 29.5 Å². The Morgan fingerprint density at radius 3 is 2.38 bits per heavy atom. The Kier molecular flexibility index (Phi) is 5.47. The van der Waals surface area contributed by atoms with Gasteiger partial charge in [0.2, 0.25) is 0 Å². The number of amides is 1. The highest BCUT2D eigenvalue weighted by Crippen LogP contribution is 2.22. The number of benzene rings is 2. The molecule has 3 nitrogen and oxygen atoms in total. The second-order valence-electron chi connectivity index (χ2n) is 6.19. The highest BCUT2D eigenvalue weighted by molar-refractivity contribution is 5.94. The molecule has 0 N–H and O–H groups in total. The predicted octanol–water partition coefficient (Wildman–Crippen LogP) is 4.15. The van der Waals surface area contributed by atoms with Crippen LogP contribution in [0.25, 0.3) is 0 Å². The molecule has 2 aromatic rings. The molecule has 1 amide bonds. The van der Waals surface area contributed by atoms with Crippen LogP contribution in [0.5, 0.6) is 5.75 Å². The maximum Gasteiger partial charge on any atom is 0.253 e. The molecule has 0 bridgehead atoms. The first-order valence-electron chi connectivity index (χ1n) is 8.45. The second-order valence-corrected chi connectivity index (χ2v) is 6.19. The van der Waals surface area contributed by atoms with E-state index in [0.717, 1.165) is 37.9 Å². The Balaban J connectivity index is 1.40. The number of ether oxygens (including phenoxy) is 1. The minimum atomic E-state index is -0.252. The van der Waals surface area contributed by atoms with E-state index in [-0.39, 0.29) is 11.7 Å². The lowest BCUT2D eigenvalue weighted by atomic mass is 9.93. The van der Waals surface area contributed by atoms with E-state index < -0.39 is 0 Å². The fourth-order valence-corrected chi connectivity index (χ4v) is 3.06. The Bertz CT molecular complexity index is 649. The van der Waals surface area contributed by atoms with Crippen LogP contribution in [0, 0.1) is 11.7 Å². The van der Waals surface area contributed by atoms with Crippen LogP contribution in [0.2, 0.25) is 0 Å². The van der Waals surface area contributed by atoms with Crippen molar-refractivity contribution in [2.45, 2.75) is 19.3 Å². The van der Waals surface area contributed by atoms with Gasteiger partial charge in [-0.2, -0.15) is 0 Å². The second kappa shape index (κ2) is 7.95. The molecular formula is C20H22FNO2. The van der Waals surface area contributed by atoms with Gasteiger partial charge in [-0.05, 0) is 61.6 Å². The van der Waals surface area contributed by atoms with Gasteiger partial charge in [0.05, 0.1) is 6.61 Å². The molecule has 0 atom stereocenters. The van der Waals surface area contributed by atoms with Gasteiger partial charge in [0.1, 0.15) is 11.6 Å². The van der Waals surface area contributed by atoms with E-state index in [4.69, 9.17) is 4.74 Å². The number of halogens is 1. The molecule has 1 aliphatic rings. The van der Waals surface area contributed by atoms with Gasteiger partial charge >= 0.3 is 0 Å². The minimum absolute atomic E-state index is 0.122.